The molecular formula is C15H15N3O2S. The van der Waals surface area contributed by atoms with Crippen LogP contribution in [0.5, 0.6) is 0 Å². The van der Waals surface area contributed by atoms with Gasteiger partial charge in [0, 0.05) is 5.92 Å². The lowest BCUT2D eigenvalue weighted by molar-refractivity contribution is -0.117. The minimum Gasteiger partial charge on any atom is -0.320 e. The first-order valence-corrected chi connectivity index (χ1v) is 7.64. The van der Waals surface area contributed by atoms with Crippen LogP contribution in [-0.4, -0.2) is 16.8 Å². The fourth-order valence-electron chi connectivity index (χ4n) is 1.91. The van der Waals surface area contributed by atoms with E-state index in [1.54, 1.807) is 18.3 Å². The molecule has 1 aliphatic rings. The Morgan fingerprint density at radius 1 is 1.24 bits per heavy atom. The summed E-state index contributed by atoms with van der Waals surface area (Å²) in [7, 11) is 0. The molecule has 2 aromatic rings. The van der Waals surface area contributed by atoms with Crippen LogP contribution in [0.1, 0.15) is 28.1 Å². The van der Waals surface area contributed by atoms with E-state index < -0.39 is 0 Å². The molecule has 0 aromatic carbocycles. The molecule has 0 radical (unpaired) electrons. The summed E-state index contributed by atoms with van der Waals surface area (Å²) in [5.41, 5.74) is 1.57. The van der Waals surface area contributed by atoms with Crippen molar-refractivity contribution < 1.29 is 9.59 Å². The number of carbonyl (C=O) groups excluding carboxylic acids is 2. The predicted octanol–water partition coefficient (Wildman–Crippen LogP) is 3.05. The monoisotopic (exact) mass is 301 g/mol. The summed E-state index contributed by atoms with van der Waals surface area (Å²) in [6.45, 7) is 1.90. The van der Waals surface area contributed by atoms with Crippen molar-refractivity contribution >= 4 is 34.7 Å². The van der Waals surface area contributed by atoms with Crippen LogP contribution in [0, 0.1) is 12.8 Å². The van der Waals surface area contributed by atoms with Crippen molar-refractivity contribution in [3.8, 4) is 0 Å². The van der Waals surface area contributed by atoms with Crippen molar-refractivity contribution in [2.24, 2.45) is 5.92 Å². The first-order chi connectivity index (χ1) is 10.1. The number of aromatic nitrogens is 1. The fraction of sp³-hybridized carbons (Fsp3) is 0.267. The number of hydrogen-bond donors (Lipinski definition) is 2. The highest BCUT2D eigenvalue weighted by Crippen LogP contribution is 2.30. The molecule has 1 saturated carbocycles. The van der Waals surface area contributed by atoms with Gasteiger partial charge in [0.15, 0.2) is 0 Å². The highest BCUT2D eigenvalue weighted by Gasteiger charge is 2.29. The van der Waals surface area contributed by atoms with Crippen LogP contribution in [0.2, 0.25) is 0 Å². The van der Waals surface area contributed by atoms with Crippen LogP contribution < -0.4 is 10.6 Å². The molecule has 2 aromatic heterocycles. The van der Waals surface area contributed by atoms with E-state index in [2.05, 4.69) is 15.6 Å². The van der Waals surface area contributed by atoms with Gasteiger partial charge in [-0.2, -0.15) is 0 Å². The molecule has 21 heavy (non-hydrogen) atoms. The van der Waals surface area contributed by atoms with Gasteiger partial charge >= 0.3 is 0 Å². The number of hydrogen-bond acceptors (Lipinski definition) is 4. The molecular weight excluding hydrogens is 286 g/mol. The van der Waals surface area contributed by atoms with Crippen molar-refractivity contribution in [1.29, 1.82) is 0 Å². The number of aryl methyl sites for hydroxylation is 1. The molecule has 2 N–H and O–H groups in total. The Hall–Kier alpha value is -2.21. The highest BCUT2D eigenvalue weighted by atomic mass is 32.1. The van der Waals surface area contributed by atoms with Gasteiger partial charge in [0.05, 0.1) is 16.8 Å². The van der Waals surface area contributed by atoms with E-state index in [4.69, 9.17) is 0 Å². The van der Waals surface area contributed by atoms with E-state index >= 15 is 0 Å². The molecule has 0 atom stereocenters. The maximum Gasteiger partial charge on any atom is 0.266 e. The van der Waals surface area contributed by atoms with E-state index in [1.165, 1.54) is 11.3 Å². The first kappa shape index (κ1) is 13.8. The molecule has 0 spiro atoms. The van der Waals surface area contributed by atoms with Crippen LogP contribution in [0.4, 0.5) is 11.5 Å². The topological polar surface area (TPSA) is 71.1 Å². The molecule has 6 heteroatoms. The van der Waals surface area contributed by atoms with Crippen LogP contribution >= 0.6 is 11.3 Å². The van der Waals surface area contributed by atoms with E-state index in [-0.39, 0.29) is 17.7 Å². The molecule has 1 aliphatic carbocycles. The standard InChI is InChI=1S/C15H15N3O2S/c1-9-6-7-21-13(9)15(20)17-11-4-5-12(16-8-11)18-14(19)10-2-3-10/h4-8,10H,2-3H2,1H3,(H,17,20)(H,16,18,19). The fourth-order valence-corrected chi connectivity index (χ4v) is 2.73. The Morgan fingerprint density at radius 3 is 2.62 bits per heavy atom. The zero-order chi connectivity index (χ0) is 14.8. The van der Waals surface area contributed by atoms with E-state index in [9.17, 15) is 9.59 Å². The van der Waals surface area contributed by atoms with Gasteiger partial charge in [-0.15, -0.1) is 11.3 Å². The predicted molar refractivity (Wildman–Crippen MR) is 82.6 cm³/mol. The Morgan fingerprint density at radius 2 is 2.05 bits per heavy atom. The maximum absolute atomic E-state index is 12.1. The van der Waals surface area contributed by atoms with E-state index in [0.29, 0.717) is 16.4 Å². The third-order valence-electron chi connectivity index (χ3n) is 3.29. The minimum absolute atomic E-state index is 0.0218. The van der Waals surface area contributed by atoms with Crippen molar-refractivity contribution in [1.82, 2.24) is 4.98 Å². The second-order valence-corrected chi connectivity index (χ2v) is 6.00. The van der Waals surface area contributed by atoms with Gasteiger partial charge in [-0.05, 0) is 48.9 Å². The van der Waals surface area contributed by atoms with E-state index in [0.717, 1.165) is 18.4 Å². The second-order valence-electron chi connectivity index (χ2n) is 5.08. The van der Waals surface area contributed by atoms with Gasteiger partial charge in [0.1, 0.15) is 5.82 Å². The van der Waals surface area contributed by atoms with Crippen LogP contribution in [0.3, 0.4) is 0 Å². The second kappa shape index (κ2) is 5.65. The van der Waals surface area contributed by atoms with Gasteiger partial charge in [-0.25, -0.2) is 4.98 Å². The van der Waals surface area contributed by atoms with E-state index in [1.807, 2.05) is 18.4 Å². The number of amides is 2. The third kappa shape index (κ3) is 3.28. The molecule has 0 bridgehead atoms. The number of nitrogens with zero attached hydrogens (tertiary/aromatic N) is 1. The normalized spacial score (nSPS) is 13.8. The lowest BCUT2D eigenvalue weighted by atomic mass is 10.3. The summed E-state index contributed by atoms with van der Waals surface area (Å²) in [6.07, 6.45) is 3.46. The summed E-state index contributed by atoms with van der Waals surface area (Å²) in [5, 5.41) is 7.45. The summed E-state index contributed by atoms with van der Waals surface area (Å²) in [4.78, 5) is 28.5. The average Bonchev–Trinajstić information content (AvgIpc) is 3.23. The van der Waals surface area contributed by atoms with Crippen molar-refractivity contribution in [3.63, 3.8) is 0 Å². The molecule has 1 fully saturated rings. The number of carbonyl (C=O) groups is 2. The zero-order valence-corrected chi connectivity index (χ0v) is 12.4. The van der Waals surface area contributed by atoms with Gasteiger partial charge in [-0.1, -0.05) is 0 Å². The number of pyridine rings is 1. The molecule has 2 amide bonds. The molecule has 3 rings (SSSR count). The quantitative estimate of drug-likeness (QED) is 0.911. The van der Waals surface area contributed by atoms with Crippen LogP contribution in [0.25, 0.3) is 0 Å². The lowest BCUT2D eigenvalue weighted by Crippen LogP contribution is -2.15. The SMILES string of the molecule is Cc1ccsc1C(=O)Nc1ccc(NC(=O)C2CC2)nc1. The number of rotatable bonds is 4. The molecule has 0 aliphatic heterocycles. The minimum atomic E-state index is -0.140. The summed E-state index contributed by atoms with van der Waals surface area (Å²) < 4.78 is 0. The molecule has 5 nitrogen and oxygen atoms in total. The lowest BCUT2D eigenvalue weighted by Gasteiger charge is -2.06. The Kier molecular flexibility index (Phi) is 3.70. The summed E-state index contributed by atoms with van der Waals surface area (Å²) in [5.74, 6) is 0.540. The van der Waals surface area contributed by atoms with Crippen molar-refractivity contribution in [2.75, 3.05) is 10.6 Å². The zero-order valence-electron chi connectivity index (χ0n) is 11.6. The molecule has 0 saturated heterocycles. The van der Waals surface area contributed by atoms with Gasteiger partial charge in [0.2, 0.25) is 5.91 Å². The van der Waals surface area contributed by atoms with Crippen molar-refractivity contribution in [2.45, 2.75) is 19.8 Å². The number of thiophene rings is 1. The largest absolute Gasteiger partial charge is 0.320 e. The van der Waals surface area contributed by atoms with Gasteiger partial charge in [-0.3, -0.25) is 9.59 Å². The molecule has 108 valence electrons. The summed E-state index contributed by atoms with van der Waals surface area (Å²) in [6, 6.07) is 5.34. The Balaban J connectivity index is 1.62. The van der Waals surface area contributed by atoms with Gasteiger partial charge < -0.3 is 10.6 Å². The van der Waals surface area contributed by atoms with Crippen molar-refractivity contribution in [3.05, 3.63) is 40.2 Å². The van der Waals surface area contributed by atoms with Crippen LogP contribution in [-0.2, 0) is 4.79 Å². The summed E-state index contributed by atoms with van der Waals surface area (Å²) >= 11 is 1.41. The number of nitrogens with one attached hydrogen (secondary N) is 2. The smallest absolute Gasteiger partial charge is 0.266 e. The Bertz CT molecular complexity index is 674. The third-order valence-corrected chi connectivity index (χ3v) is 4.30. The highest BCUT2D eigenvalue weighted by molar-refractivity contribution is 7.12. The first-order valence-electron chi connectivity index (χ1n) is 6.76. The average molecular weight is 301 g/mol. The molecule has 2 heterocycles. The van der Waals surface area contributed by atoms with Crippen LogP contribution in [0.15, 0.2) is 29.8 Å². The maximum atomic E-state index is 12.1. The Labute approximate surface area is 126 Å². The number of anilines is 2. The van der Waals surface area contributed by atoms with Gasteiger partial charge in [0.25, 0.3) is 5.91 Å². The molecule has 0 unspecified atom stereocenters.